The van der Waals surface area contributed by atoms with Crippen LogP contribution in [-0.4, -0.2) is 50.2 Å². The van der Waals surface area contributed by atoms with Crippen LogP contribution in [0.3, 0.4) is 0 Å². The molecule has 0 bridgehead atoms. The Morgan fingerprint density at radius 2 is 1.51 bits per heavy atom. The molecule has 0 unspecified atom stereocenters. The van der Waals surface area contributed by atoms with Gasteiger partial charge in [0.05, 0.1) is 13.2 Å². The van der Waals surface area contributed by atoms with Gasteiger partial charge in [-0.25, -0.2) is 0 Å². The number of halogens is 1. The van der Waals surface area contributed by atoms with E-state index in [0.29, 0.717) is 30.3 Å². The first-order valence-electron chi connectivity index (χ1n) is 12.1. The van der Waals surface area contributed by atoms with Crippen LogP contribution < -0.4 is 19.7 Å². The SMILES string of the molecule is CCOc1cc(OCC)cc(C(=O)Nc2ccc(N3CCN(Cc4ccccc4Cl)CC3)cc2)c1. The standard InChI is InChI=1S/C28H32ClN3O3/c1-3-34-25-17-22(18-26(19-25)35-4-2)28(33)30-23-9-11-24(12-10-23)32-15-13-31(14-16-32)20-21-7-5-6-8-27(21)29/h5-12,17-19H,3-4,13-16,20H2,1-2H3,(H,30,33). The number of rotatable bonds is 9. The highest BCUT2D eigenvalue weighted by Crippen LogP contribution is 2.25. The predicted octanol–water partition coefficient (Wildman–Crippen LogP) is 5.71. The summed E-state index contributed by atoms with van der Waals surface area (Å²) >= 11 is 6.32. The van der Waals surface area contributed by atoms with Crippen molar-refractivity contribution in [2.75, 3.05) is 49.6 Å². The molecule has 1 saturated heterocycles. The van der Waals surface area contributed by atoms with Crippen molar-refractivity contribution in [1.82, 2.24) is 4.90 Å². The minimum Gasteiger partial charge on any atom is -0.494 e. The molecule has 1 aliphatic rings. The second-order valence-electron chi connectivity index (χ2n) is 8.41. The number of nitrogens with zero attached hydrogens (tertiary/aromatic N) is 2. The Hall–Kier alpha value is -3.22. The summed E-state index contributed by atoms with van der Waals surface area (Å²) in [6, 6.07) is 21.3. The highest BCUT2D eigenvalue weighted by molar-refractivity contribution is 6.31. The third-order valence-corrected chi connectivity index (χ3v) is 6.35. The van der Waals surface area contributed by atoms with E-state index in [0.717, 1.165) is 49.1 Å². The zero-order valence-electron chi connectivity index (χ0n) is 20.3. The largest absolute Gasteiger partial charge is 0.494 e. The number of hydrogen-bond donors (Lipinski definition) is 1. The number of benzene rings is 3. The quantitative estimate of drug-likeness (QED) is 0.413. The van der Waals surface area contributed by atoms with Crippen LogP contribution in [0.4, 0.5) is 11.4 Å². The van der Waals surface area contributed by atoms with Gasteiger partial charge in [0.1, 0.15) is 11.5 Å². The van der Waals surface area contributed by atoms with Gasteiger partial charge in [0.15, 0.2) is 0 Å². The van der Waals surface area contributed by atoms with Crippen LogP contribution in [-0.2, 0) is 6.54 Å². The third-order valence-electron chi connectivity index (χ3n) is 5.98. The van der Waals surface area contributed by atoms with E-state index in [1.165, 1.54) is 5.56 Å². The fourth-order valence-electron chi connectivity index (χ4n) is 4.19. The molecule has 7 heteroatoms. The predicted molar refractivity (Wildman–Crippen MR) is 142 cm³/mol. The molecule has 1 N–H and O–H groups in total. The average molecular weight is 494 g/mol. The van der Waals surface area contributed by atoms with Crippen molar-refractivity contribution in [3.63, 3.8) is 0 Å². The first-order chi connectivity index (χ1) is 17.1. The van der Waals surface area contributed by atoms with E-state index >= 15 is 0 Å². The summed E-state index contributed by atoms with van der Waals surface area (Å²) in [5, 5.41) is 3.80. The molecule has 0 aromatic heterocycles. The molecule has 1 amide bonds. The monoisotopic (exact) mass is 493 g/mol. The zero-order valence-corrected chi connectivity index (χ0v) is 21.1. The van der Waals surface area contributed by atoms with E-state index in [9.17, 15) is 4.79 Å². The van der Waals surface area contributed by atoms with Crippen molar-refractivity contribution < 1.29 is 14.3 Å². The van der Waals surface area contributed by atoms with Crippen molar-refractivity contribution in [3.8, 4) is 11.5 Å². The fraction of sp³-hybridized carbons (Fsp3) is 0.321. The summed E-state index contributed by atoms with van der Waals surface area (Å²) in [5.41, 5.74) is 3.56. The van der Waals surface area contributed by atoms with Crippen molar-refractivity contribution >= 4 is 28.9 Å². The van der Waals surface area contributed by atoms with Crippen molar-refractivity contribution in [2.45, 2.75) is 20.4 Å². The van der Waals surface area contributed by atoms with Gasteiger partial charge in [-0.2, -0.15) is 0 Å². The Morgan fingerprint density at radius 3 is 2.11 bits per heavy atom. The molecule has 0 spiro atoms. The number of piperazine rings is 1. The highest BCUT2D eigenvalue weighted by atomic mass is 35.5. The lowest BCUT2D eigenvalue weighted by molar-refractivity contribution is 0.102. The Bertz CT molecular complexity index is 1100. The van der Waals surface area contributed by atoms with E-state index in [1.807, 2.05) is 44.2 Å². The summed E-state index contributed by atoms with van der Waals surface area (Å²) in [6.07, 6.45) is 0. The number of hydrogen-bond acceptors (Lipinski definition) is 5. The van der Waals surface area contributed by atoms with E-state index < -0.39 is 0 Å². The Morgan fingerprint density at radius 1 is 0.886 bits per heavy atom. The topological polar surface area (TPSA) is 54.0 Å². The lowest BCUT2D eigenvalue weighted by atomic mass is 10.1. The van der Waals surface area contributed by atoms with Crippen LogP contribution in [0.2, 0.25) is 5.02 Å². The maximum atomic E-state index is 12.9. The van der Waals surface area contributed by atoms with Crippen LogP contribution in [0.1, 0.15) is 29.8 Å². The number of anilines is 2. The van der Waals surface area contributed by atoms with Gasteiger partial charge in [-0.15, -0.1) is 0 Å². The molecule has 1 aliphatic heterocycles. The van der Waals surface area contributed by atoms with Crippen LogP contribution in [0.15, 0.2) is 66.7 Å². The summed E-state index contributed by atoms with van der Waals surface area (Å²) < 4.78 is 11.2. The number of carbonyl (C=O) groups is 1. The smallest absolute Gasteiger partial charge is 0.255 e. The van der Waals surface area contributed by atoms with Crippen molar-refractivity contribution in [3.05, 3.63) is 82.9 Å². The minimum atomic E-state index is -0.201. The van der Waals surface area contributed by atoms with Gasteiger partial charge in [0, 0.05) is 60.8 Å². The Labute approximate surface area is 212 Å². The second kappa shape index (κ2) is 12.0. The lowest BCUT2D eigenvalue weighted by Crippen LogP contribution is -2.46. The van der Waals surface area contributed by atoms with Gasteiger partial charge in [0.2, 0.25) is 0 Å². The van der Waals surface area contributed by atoms with E-state index in [4.69, 9.17) is 21.1 Å². The maximum Gasteiger partial charge on any atom is 0.255 e. The van der Waals surface area contributed by atoms with Crippen LogP contribution in [0.5, 0.6) is 11.5 Å². The Balaban J connectivity index is 1.34. The summed E-state index contributed by atoms with van der Waals surface area (Å²) in [4.78, 5) is 17.7. The maximum absolute atomic E-state index is 12.9. The van der Waals surface area contributed by atoms with Crippen molar-refractivity contribution in [1.29, 1.82) is 0 Å². The molecule has 1 fully saturated rings. The fourth-order valence-corrected chi connectivity index (χ4v) is 4.39. The molecule has 4 rings (SSSR count). The van der Waals surface area contributed by atoms with E-state index in [2.05, 4.69) is 33.3 Å². The van der Waals surface area contributed by atoms with Gasteiger partial charge < -0.3 is 19.7 Å². The molecule has 184 valence electrons. The molecule has 6 nitrogen and oxygen atoms in total. The second-order valence-corrected chi connectivity index (χ2v) is 8.82. The molecule has 0 atom stereocenters. The molecule has 3 aromatic rings. The minimum absolute atomic E-state index is 0.201. The summed E-state index contributed by atoms with van der Waals surface area (Å²) in [6.45, 7) is 9.57. The van der Waals surface area contributed by atoms with Crippen LogP contribution in [0.25, 0.3) is 0 Å². The number of amides is 1. The highest BCUT2D eigenvalue weighted by Gasteiger charge is 2.18. The normalized spacial score (nSPS) is 14.0. The average Bonchev–Trinajstić information content (AvgIpc) is 2.87. The first-order valence-corrected chi connectivity index (χ1v) is 12.5. The molecule has 3 aromatic carbocycles. The van der Waals surface area contributed by atoms with Gasteiger partial charge in [-0.05, 0) is 61.9 Å². The zero-order chi connectivity index (χ0) is 24.6. The molecule has 0 radical (unpaired) electrons. The van der Waals surface area contributed by atoms with Crippen molar-refractivity contribution in [2.24, 2.45) is 0 Å². The summed E-state index contributed by atoms with van der Waals surface area (Å²) in [7, 11) is 0. The number of carbonyl (C=O) groups excluding carboxylic acids is 1. The first kappa shape index (κ1) is 24.9. The van der Waals surface area contributed by atoms with Crippen LogP contribution >= 0.6 is 11.6 Å². The van der Waals surface area contributed by atoms with Crippen LogP contribution in [0, 0.1) is 0 Å². The Kier molecular flexibility index (Phi) is 8.50. The molecule has 0 saturated carbocycles. The molecular weight excluding hydrogens is 462 g/mol. The summed E-state index contributed by atoms with van der Waals surface area (Å²) in [5.74, 6) is 1.04. The van der Waals surface area contributed by atoms with E-state index in [-0.39, 0.29) is 5.91 Å². The van der Waals surface area contributed by atoms with Gasteiger partial charge in [0.25, 0.3) is 5.91 Å². The van der Waals surface area contributed by atoms with Gasteiger partial charge in [-0.1, -0.05) is 29.8 Å². The molecule has 35 heavy (non-hydrogen) atoms. The number of ether oxygens (including phenoxy) is 2. The lowest BCUT2D eigenvalue weighted by Gasteiger charge is -2.36. The van der Waals surface area contributed by atoms with Gasteiger partial charge in [-0.3, -0.25) is 9.69 Å². The molecule has 1 heterocycles. The third kappa shape index (κ3) is 6.68. The number of nitrogens with one attached hydrogen (secondary N) is 1. The molecule has 0 aliphatic carbocycles. The van der Waals surface area contributed by atoms with Gasteiger partial charge >= 0.3 is 0 Å². The van der Waals surface area contributed by atoms with E-state index in [1.54, 1.807) is 18.2 Å². The molecular formula is C28H32ClN3O3.